The Bertz CT molecular complexity index is 3800. The average Bonchev–Trinajstić information content (AvgIpc) is 3.78. The fraction of sp³-hybridized carbons (Fsp3) is 0. The van der Waals surface area contributed by atoms with Gasteiger partial charge in [0.05, 0.1) is 22.1 Å². The third-order valence-corrected chi connectivity index (χ3v) is 19.1. The van der Waals surface area contributed by atoms with Gasteiger partial charge in [-0.25, -0.2) is 0 Å². The molecule has 63 heavy (non-hydrogen) atoms. The molecule has 0 N–H and O–H groups in total. The van der Waals surface area contributed by atoms with E-state index in [9.17, 15) is 0 Å². The van der Waals surface area contributed by atoms with Crippen LogP contribution in [0.3, 0.4) is 0 Å². The summed E-state index contributed by atoms with van der Waals surface area (Å²) in [5.41, 5.74) is 17.5. The van der Waals surface area contributed by atoms with Crippen molar-refractivity contribution < 1.29 is 0 Å². The molecular weight excluding hydrogens is 777 g/mol. The molecule has 1 spiro atoms. The lowest BCUT2D eigenvalue weighted by atomic mass is 9.94. The van der Waals surface area contributed by atoms with Crippen LogP contribution in [0.25, 0.3) is 99.5 Å². The molecule has 0 radical (unpaired) electrons. The van der Waals surface area contributed by atoms with Gasteiger partial charge < -0.3 is 9.13 Å². The number of rotatable bonds is 2. The fourth-order valence-corrected chi connectivity index (χ4v) is 17.3. The van der Waals surface area contributed by atoms with Gasteiger partial charge in [-0.2, -0.15) is 0 Å². The van der Waals surface area contributed by atoms with E-state index in [-0.39, 0.29) is 0 Å². The summed E-state index contributed by atoms with van der Waals surface area (Å²) in [5, 5.41) is 10.8. The van der Waals surface area contributed by atoms with E-state index in [0.717, 1.165) is 11.4 Å². The third kappa shape index (κ3) is 4.61. The highest BCUT2D eigenvalue weighted by Gasteiger charge is 2.50. The summed E-state index contributed by atoms with van der Waals surface area (Å²) in [4.78, 5) is 0. The first kappa shape index (κ1) is 34.7. The topological polar surface area (TPSA) is 9.86 Å². The van der Waals surface area contributed by atoms with E-state index < -0.39 is 8.07 Å². The van der Waals surface area contributed by atoms with E-state index >= 15 is 0 Å². The summed E-state index contributed by atoms with van der Waals surface area (Å²) >= 11 is 0. The molecule has 4 heterocycles. The van der Waals surface area contributed by atoms with E-state index in [1.54, 1.807) is 0 Å². The predicted molar refractivity (Wildman–Crippen MR) is 268 cm³/mol. The lowest BCUT2D eigenvalue weighted by molar-refractivity contribution is 1.16. The Labute approximate surface area is 366 Å². The molecule has 0 unspecified atom stereocenters. The van der Waals surface area contributed by atoms with Crippen LogP contribution in [0.4, 0.5) is 0 Å². The van der Waals surface area contributed by atoms with E-state index in [1.807, 2.05) is 0 Å². The molecule has 0 saturated heterocycles. The number of nitrogens with zero attached hydrogens (tertiary/aromatic N) is 2. The number of benzene rings is 10. The Morgan fingerprint density at radius 3 is 1.11 bits per heavy atom. The quantitative estimate of drug-likeness (QED) is 0.154. The average molecular weight is 815 g/mol. The number of hydrogen-bond donors (Lipinski definition) is 0. The molecule has 0 amide bonds. The lowest BCUT2D eigenvalue weighted by Crippen LogP contribution is -2.75. The van der Waals surface area contributed by atoms with Crippen molar-refractivity contribution in [3.8, 4) is 55.9 Å². The van der Waals surface area contributed by atoms with E-state index in [1.165, 1.54) is 109 Å². The van der Waals surface area contributed by atoms with Crippen molar-refractivity contribution in [2.24, 2.45) is 0 Å². The standard InChI is InChI=1S/C60H38N2Si/c1-2-18-39(19-3-1)61-53-28-12-6-22-44(53)51-37-52-45-23-7-13-29-54(45)62(56(52)38-55(51)61)40-34-35-43-48-26-10-16-32-59(48)63(60-33-17-11-27-49(60)50(43)36-40)57-30-14-8-24-46(57)41-20-4-5-21-42(41)47-25-9-15-31-58(47)63/h1-38H. The Balaban J connectivity index is 1.09. The zero-order valence-corrected chi connectivity index (χ0v) is 35.3. The zero-order valence-electron chi connectivity index (χ0n) is 34.3. The minimum absolute atomic E-state index is 1.15. The second kappa shape index (κ2) is 13.0. The summed E-state index contributed by atoms with van der Waals surface area (Å²) in [6.45, 7) is 0. The van der Waals surface area contributed by atoms with Crippen LogP contribution >= 0.6 is 0 Å². The van der Waals surface area contributed by atoms with Crippen molar-refractivity contribution in [1.82, 2.24) is 9.13 Å². The molecule has 292 valence electrons. The Hall–Kier alpha value is -7.98. The van der Waals surface area contributed by atoms with Gasteiger partial charge >= 0.3 is 0 Å². The number of para-hydroxylation sites is 3. The van der Waals surface area contributed by atoms with Crippen molar-refractivity contribution in [2.75, 3.05) is 0 Å². The number of fused-ring (bicyclic) bond motifs is 20. The smallest absolute Gasteiger partial charge is 0.182 e. The van der Waals surface area contributed by atoms with Gasteiger partial charge in [-0.15, -0.1) is 0 Å². The molecular formula is C60H38N2Si. The lowest BCUT2D eigenvalue weighted by Gasteiger charge is -2.37. The minimum Gasteiger partial charge on any atom is -0.309 e. The maximum Gasteiger partial charge on any atom is 0.182 e. The highest BCUT2D eigenvalue weighted by molar-refractivity contribution is 7.22. The Kier molecular flexibility index (Phi) is 7.17. The van der Waals surface area contributed by atoms with Crippen LogP contribution in [0.2, 0.25) is 0 Å². The molecule has 12 aromatic rings. The molecule has 0 aliphatic carbocycles. The molecule has 2 aliphatic rings. The zero-order chi connectivity index (χ0) is 41.2. The van der Waals surface area contributed by atoms with Gasteiger partial charge in [0.15, 0.2) is 8.07 Å². The van der Waals surface area contributed by atoms with Crippen molar-refractivity contribution in [3.63, 3.8) is 0 Å². The minimum atomic E-state index is -3.01. The summed E-state index contributed by atoms with van der Waals surface area (Å²) in [7, 11) is -3.01. The largest absolute Gasteiger partial charge is 0.309 e. The van der Waals surface area contributed by atoms with Gasteiger partial charge in [0.1, 0.15) is 0 Å². The molecule has 0 fully saturated rings. The normalized spacial score (nSPS) is 13.2. The van der Waals surface area contributed by atoms with Crippen LogP contribution in [0.1, 0.15) is 0 Å². The summed E-state index contributed by atoms with van der Waals surface area (Å²) < 4.78 is 4.94. The maximum atomic E-state index is 2.51. The van der Waals surface area contributed by atoms with Crippen LogP contribution in [-0.4, -0.2) is 17.2 Å². The van der Waals surface area contributed by atoms with E-state index in [0.29, 0.717) is 0 Å². The Morgan fingerprint density at radius 1 is 0.222 bits per heavy atom. The molecule has 3 heteroatoms. The van der Waals surface area contributed by atoms with Gasteiger partial charge in [0, 0.05) is 32.9 Å². The molecule has 0 saturated carbocycles. The van der Waals surface area contributed by atoms with Gasteiger partial charge in [0.2, 0.25) is 0 Å². The van der Waals surface area contributed by atoms with Crippen molar-refractivity contribution in [1.29, 1.82) is 0 Å². The third-order valence-electron chi connectivity index (χ3n) is 14.2. The highest BCUT2D eigenvalue weighted by atomic mass is 28.3. The number of hydrogen-bond acceptors (Lipinski definition) is 0. The fourth-order valence-electron chi connectivity index (χ4n) is 11.7. The molecule has 10 aromatic carbocycles. The van der Waals surface area contributed by atoms with Crippen molar-refractivity contribution >= 4 is 72.4 Å². The Morgan fingerprint density at radius 2 is 0.603 bits per heavy atom. The van der Waals surface area contributed by atoms with E-state index in [2.05, 4.69) is 240 Å². The van der Waals surface area contributed by atoms with Gasteiger partial charge in [-0.3, -0.25) is 0 Å². The summed E-state index contributed by atoms with van der Waals surface area (Å²) in [5.74, 6) is 0. The first-order chi connectivity index (χ1) is 31.3. The molecule has 0 bridgehead atoms. The molecule has 14 rings (SSSR count). The second-order valence-corrected chi connectivity index (χ2v) is 20.8. The monoisotopic (exact) mass is 814 g/mol. The van der Waals surface area contributed by atoms with Crippen LogP contribution in [-0.2, 0) is 0 Å². The molecule has 2 aliphatic heterocycles. The summed E-state index contributed by atoms with van der Waals surface area (Å²) in [6, 6.07) is 87.1. The van der Waals surface area contributed by atoms with Crippen molar-refractivity contribution in [2.45, 2.75) is 0 Å². The van der Waals surface area contributed by atoms with Gasteiger partial charge in [-0.05, 0) is 114 Å². The maximum absolute atomic E-state index is 3.01. The first-order valence-corrected chi connectivity index (χ1v) is 23.9. The number of aromatic nitrogens is 2. The van der Waals surface area contributed by atoms with Gasteiger partial charge in [0.25, 0.3) is 0 Å². The second-order valence-electron chi connectivity index (χ2n) is 17.1. The SMILES string of the molecule is c1ccc(-n2c3ccccc3c3cc4c5ccccc5n(-c5ccc6c(c5)-c5ccccc5[Si]5(c7ccccc7-c7ccccc7-c7ccccc75)c5ccccc5-6)c4cc32)cc1. The van der Waals surface area contributed by atoms with Crippen LogP contribution in [0, 0.1) is 0 Å². The van der Waals surface area contributed by atoms with Crippen LogP contribution in [0.15, 0.2) is 231 Å². The molecule has 0 atom stereocenters. The van der Waals surface area contributed by atoms with Gasteiger partial charge in [-0.1, -0.05) is 182 Å². The van der Waals surface area contributed by atoms with E-state index in [4.69, 9.17) is 0 Å². The van der Waals surface area contributed by atoms with Crippen molar-refractivity contribution in [3.05, 3.63) is 231 Å². The first-order valence-electron chi connectivity index (χ1n) is 21.9. The van der Waals surface area contributed by atoms with Crippen LogP contribution in [0.5, 0.6) is 0 Å². The summed E-state index contributed by atoms with van der Waals surface area (Å²) in [6.07, 6.45) is 0. The predicted octanol–water partition coefficient (Wildman–Crippen LogP) is 12.6. The molecule has 2 aromatic heterocycles. The molecule has 2 nitrogen and oxygen atoms in total. The highest BCUT2D eigenvalue weighted by Crippen LogP contribution is 2.44. The van der Waals surface area contributed by atoms with Crippen LogP contribution < -0.4 is 20.7 Å².